The van der Waals surface area contributed by atoms with Crippen LogP contribution in [0.3, 0.4) is 0 Å². The van der Waals surface area contributed by atoms with Crippen molar-refractivity contribution in [3.05, 3.63) is 21.2 Å². The van der Waals surface area contributed by atoms with E-state index >= 15 is 0 Å². The minimum Gasteiger partial charge on any atom is -0.505 e. The summed E-state index contributed by atoms with van der Waals surface area (Å²) in [4.78, 5) is 2.32. The van der Waals surface area contributed by atoms with Crippen molar-refractivity contribution in [3.63, 3.8) is 0 Å². The summed E-state index contributed by atoms with van der Waals surface area (Å²) in [6.45, 7) is 6.35. The SMILES string of the molecule is CCCCCCCc1c(C)c(N2CCCCC2)c(Cl)c(O)c1Cl. The Labute approximate surface area is 150 Å². The van der Waals surface area contributed by atoms with E-state index in [0.29, 0.717) is 10.0 Å². The molecule has 23 heavy (non-hydrogen) atoms. The molecule has 0 aliphatic carbocycles. The van der Waals surface area contributed by atoms with Crippen molar-refractivity contribution in [3.8, 4) is 5.75 Å². The quantitative estimate of drug-likeness (QED) is 0.562. The molecule has 1 N–H and O–H groups in total. The fourth-order valence-corrected chi connectivity index (χ4v) is 4.25. The molecule has 1 aliphatic heterocycles. The Bertz CT molecular complexity index is 525. The lowest BCUT2D eigenvalue weighted by Crippen LogP contribution is -2.30. The standard InChI is InChI=1S/C19H29Cl2NO/c1-3-4-5-6-8-11-15-14(2)18(17(21)19(23)16(15)20)22-12-9-7-10-13-22/h23H,3-13H2,1-2H3. The van der Waals surface area contributed by atoms with Crippen LogP contribution >= 0.6 is 23.2 Å². The first-order valence-electron chi connectivity index (χ1n) is 9.02. The van der Waals surface area contributed by atoms with Crippen molar-refractivity contribution in [2.45, 2.75) is 71.6 Å². The molecule has 2 nitrogen and oxygen atoms in total. The van der Waals surface area contributed by atoms with Gasteiger partial charge in [0.05, 0.1) is 10.7 Å². The van der Waals surface area contributed by atoms with E-state index in [-0.39, 0.29) is 5.75 Å². The lowest BCUT2D eigenvalue weighted by Gasteiger charge is -2.32. The molecule has 0 aromatic heterocycles. The van der Waals surface area contributed by atoms with Crippen LogP contribution in [-0.2, 0) is 6.42 Å². The molecule has 4 heteroatoms. The van der Waals surface area contributed by atoms with Crippen LogP contribution in [0.5, 0.6) is 5.75 Å². The van der Waals surface area contributed by atoms with Gasteiger partial charge >= 0.3 is 0 Å². The maximum Gasteiger partial charge on any atom is 0.155 e. The summed E-state index contributed by atoms with van der Waals surface area (Å²) >= 11 is 12.8. The summed E-state index contributed by atoms with van der Waals surface area (Å²) in [5, 5.41) is 11.2. The van der Waals surface area contributed by atoms with E-state index in [1.54, 1.807) is 0 Å². The number of rotatable bonds is 7. The Kier molecular flexibility index (Phi) is 7.36. The van der Waals surface area contributed by atoms with Gasteiger partial charge in [0.2, 0.25) is 0 Å². The highest BCUT2D eigenvalue weighted by molar-refractivity contribution is 6.39. The Morgan fingerprint density at radius 2 is 1.61 bits per heavy atom. The molecular weight excluding hydrogens is 329 g/mol. The summed E-state index contributed by atoms with van der Waals surface area (Å²) in [6, 6.07) is 0. The van der Waals surface area contributed by atoms with E-state index in [2.05, 4.69) is 18.7 Å². The summed E-state index contributed by atoms with van der Waals surface area (Å²) in [5.41, 5.74) is 3.22. The molecule has 0 unspecified atom stereocenters. The fourth-order valence-electron chi connectivity index (χ4n) is 3.52. The molecule has 1 aromatic rings. The molecule has 1 fully saturated rings. The van der Waals surface area contributed by atoms with Crippen molar-refractivity contribution in [2.24, 2.45) is 0 Å². The van der Waals surface area contributed by atoms with Gasteiger partial charge in [-0.25, -0.2) is 0 Å². The third kappa shape index (κ3) is 4.48. The van der Waals surface area contributed by atoms with Gasteiger partial charge in [0.1, 0.15) is 5.02 Å². The second kappa shape index (κ2) is 9.03. The number of anilines is 1. The van der Waals surface area contributed by atoms with Gasteiger partial charge in [-0.1, -0.05) is 55.8 Å². The minimum absolute atomic E-state index is 0.0584. The van der Waals surface area contributed by atoms with Gasteiger partial charge in [-0.05, 0) is 50.2 Å². The van der Waals surface area contributed by atoms with Crippen LogP contribution in [0, 0.1) is 6.92 Å². The molecule has 0 radical (unpaired) electrons. The number of phenolic OH excluding ortho intramolecular Hbond substituents is 1. The molecule has 1 saturated heterocycles. The Hall–Kier alpha value is -0.600. The minimum atomic E-state index is 0.0584. The van der Waals surface area contributed by atoms with Crippen molar-refractivity contribution in [1.82, 2.24) is 0 Å². The van der Waals surface area contributed by atoms with Gasteiger partial charge in [-0.2, -0.15) is 0 Å². The second-order valence-electron chi connectivity index (χ2n) is 6.64. The predicted molar refractivity (Wildman–Crippen MR) is 101 cm³/mol. The molecule has 0 spiro atoms. The Balaban J connectivity index is 2.21. The molecule has 1 aliphatic rings. The van der Waals surface area contributed by atoms with Gasteiger partial charge in [0.25, 0.3) is 0 Å². The zero-order valence-electron chi connectivity index (χ0n) is 14.4. The third-order valence-corrected chi connectivity index (χ3v) is 5.66. The van der Waals surface area contributed by atoms with E-state index in [0.717, 1.165) is 42.7 Å². The van der Waals surface area contributed by atoms with Gasteiger partial charge in [-0.3, -0.25) is 0 Å². The number of phenols is 1. The average Bonchev–Trinajstić information content (AvgIpc) is 2.56. The third-order valence-electron chi connectivity index (χ3n) is 4.90. The predicted octanol–water partition coefficient (Wildman–Crippen LogP) is 6.51. The van der Waals surface area contributed by atoms with Crippen LogP contribution in [0.2, 0.25) is 10.0 Å². The van der Waals surface area contributed by atoms with E-state index < -0.39 is 0 Å². The van der Waals surface area contributed by atoms with Gasteiger partial charge in [0, 0.05) is 13.1 Å². The van der Waals surface area contributed by atoms with Crippen molar-refractivity contribution in [1.29, 1.82) is 0 Å². The van der Waals surface area contributed by atoms with Crippen molar-refractivity contribution >= 4 is 28.9 Å². The number of nitrogens with zero attached hydrogens (tertiary/aromatic N) is 1. The van der Waals surface area contributed by atoms with E-state index in [4.69, 9.17) is 23.2 Å². The lowest BCUT2D eigenvalue weighted by molar-refractivity contribution is 0.474. The zero-order valence-corrected chi connectivity index (χ0v) is 15.9. The molecule has 1 heterocycles. The van der Waals surface area contributed by atoms with Crippen LogP contribution < -0.4 is 4.90 Å². The summed E-state index contributed by atoms with van der Waals surface area (Å²) < 4.78 is 0. The molecule has 0 amide bonds. The maximum absolute atomic E-state index is 10.4. The van der Waals surface area contributed by atoms with Gasteiger partial charge in [-0.15, -0.1) is 0 Å². The van der Waals surface area contributed by atoms with Crippen LogP contribution in [0.4, 0.5) is 5.69 Å². The number of hydrogen-bond donors (Lipinski definition) is 1. The summed E-state index contributed by atoms with van der Waals surface area (Å²) in [6.07, 6.45) is 10.7. The number of aromatic hydroxyl groups is 1. The normalized spacial score (nSPS) is 15.2. The van der Waals surface area contributed by atoms with Crippen LogP contribution in [0.25, 0.3) is 0 Å². The van der Waals surface area contributed by atoms with Gasteiger partial charge < -0.3 is 10.0 Å². The molecular formula is C19H29Cl2NO. The number of unbranched alkanes of at least 4 members (excludes halogenated alkanes) is 4. The number of hydrogen-bond acceptors (Lipinski definition) is 2. The fraction of sp³-hybridized carbons (Fsp3) is 0.684. The topological polar surface area (TPSA) is 23.5 Å². The molecule has 0 saturated carbocycles. The smallest absolute Gasteiger partial charge is 0.155 e. The van der Waals surface area contributed by atoms with Crippen molar-refractivity contribution < 1.29 is 5.11 Å². The number of halogens is 2. The Morgan fingerprint density at radius 3 is 2.26 bits per heavy atom. The van der Waals surface area contributed by atoms with Crippen LogP contribution in [0.1, 0.15) is 69.4 Å². The largest absolute Gasteiger partial charge is 0.505 e. The van der Waals surface area contributed by atoms with Crippen LogP contribution in [-0.4, -0.2) is 18.2 Å². The van der Waals surface area contributed by atoms with E-state index in [1.807, 2.05) is 0 Å². The summed E-state index contributed by atoms with van der Waals surface area (Å²) in [7, 11) is 0. The first-order valence-corrected chi connectivity index (χ1v) is 9.77. The first kappa shape index (κ1) is 18.7. The first-order chi connectivity index (χ1) is 11.1. The van der Waals surface area contributed by atoms with Crippen molar-refractivity contribution in [2.75, 3.05) is 18.0 Å². The molecule has 0 atom stereocenters. The van der Waals surface area contributed by atoms with E-state index in [9.17, 15) is 5.11 Å². The Morgan fingerprint density at radius 1 is 0.957 bits per heavy atom. The molecule has 0 bridgehead atoms. The second-order valence-corrected chi connectivity index (χ2v) is 7.40. The molecule has 2 rings (SSSR count). The van der Waals surface area contributed by atoms with Crippen LogP contribution in [0.15, 0.2) is 0 Å². The molecule has 1 aromatic carbocycles. The highest BCUT2D eigenvalue weighted by Gasteiger charge is 2.24. The maximum atomic E-state index is 10.4. The highest BCUT2D eigenvalue weighted by Crippen LogP contribution is 2.45. The van der Waals surface area contributed by atoms with Gasteiger partial charge in [0.15, 0.2) is 5.75 Å². The average molecular weight is 358 g/mol. The highest BCUT2D eigenvalue weighted by atomic mass is 35.5. The zero-order chi connectivity index (χ0) is 16.8. The summed E-state index contributed by atoms with van der Waals surface area (Å²) in [5.74, 6) is 0.0584. The van der Waals surface area contributed by atoms with E-state index in [1.165, 1.54) is 44.9 Å². The lowest BCUT2D eigenvalue weighted by atomic mass is 9.97. The number of piperidine rings is 1. The monoisotopic (exact) mass is 357 g/mol. The molecule has 130 valence electrons. The number of benzene rings is 1.